The smallest absolute Gasteiger partial charge is 0.222 e. The maximum absolute atomic E-state index is 13.4. The third-order valence-corrected chi connectivity index (χ3v) is 6.29. The van der Waals surface area contributed by atoms with Crippen molar-refractivity contribution in [3.8, 4) is 0 Å². The van der Waals surface area contributed by atoms with Crippen molar-refractivity contribution >= 4 is 11.7 Å². The van der Waals surface area contributed by atoms with Gasteiger partial charge in [-0.2, -0.15) is 0 Å². The summed E-state index contributed by atoms with van der Waals surface area (Å²) in [5.41, 5.74) is 3.23. The Bertz CT molecular complexity index is 905. The van der Waals surface area contributed by atoms with Crippen LogP contribution in [0.3, 0.4) is 0 Å². The number of benzene rings is 1. The molecule has 0 N–H and O–H groups in total. The summed E-state index contributed by atoms with van der Waals surface area (Å²) in [7, 11) is 0. The molecule has 2 aromatic rings. The van der Waals surface area contributed by atoms with Gasteiger partial charge in [-0.1, -0.05) is 46.8 Å². The molecule has 3 rings (SSSR count). The van der Waals surface area contributed by atoms with E-state index in [9.17, 15) is 9.18 Å². The molecule has 1 saturated heterocycles. The van der Waals surface area contributed by atoms with Gasteiger partial charge in [-0.05, 0) is 36.5 Å². The average molecular weight is 441 g/mol. The molecule has 0 radical (unpaired) electrons. The van der Waals surface area contributed by atoms with Crippen LogP contribution >= 0.6 is 0 Å². The molecular weight excluding hydrogens is 403 g/mol. The van der Waals surface area contributed by atoms with Crippen molar-refractivity contribution in [3.05, 3.63) is 52.7 Å². The Balaban J connectivity index is 1.91. The predicted molar refractivity (Wildman–Crippen MR) is 128 cm³/mol. The van der Waals surface area contributed by atoms with Crippen molar-refractivity contribution in [2.24, 2.45) is 5.92 Å². The SMILES string of the molecule is CCc1nc(C(C)CC)nc(N2CCN(C(=O)CC(C)C)CC2)c1Cc1ccc(F)cc1. The van der Waals surface area contributed by atoms with Gasteiger partial charge in [0.1, 0.15) is 17.5 Å². The first-order valence-electron chi connectivity index (χ1n) is 12.0. The minimum Gasteiger partial charge on any atom is -0.353 e. The number of piperazine rings is 1. The fourth-order valence-electron chi connectivity index (χ4n) is 4.13. The van der Waals surface area contributed by atoms with Crippen LogP contribution < -0.4 is 4.90 Å². The molecule has 6 heteroatoms. The zero-order chi connectivity index (χ0) is 23.3. The van der Waals surface area contributed by atoms with E-state index >= 15 is 0 Å². The lowest BCUT2D eigenvalue weighted by Gasteiger charge is -2.37. The molecule has 1 aliphatic rings. The summed E-state index contributed by atoms with van der Waals surface area (Å²) in [6, 6.07) is 6.69. The van der Waals surface area contributed by atoms with Crippen LogP contribution in [0.1, 0.15) is 76.0 Å². The molecule has 0 aliphatic carbocycles. The van der Waals surface area contributed by atoms with E-state index in [2.05, 4.69) is 39.5 Å². The van der Waals surface area contributed by atoms with Crippen LogP contribution in [0.25, 0.3) is 0 Å². The molecule has 1 amide bonds. The number of carbonyl (C=O) groups is 1. The molecule has 0 bridgehead atoms. The molecule has 1 atom stereocenters. The van der Waals surface area contributed by atoms with Gasteiger partial charge < -0.3 is 9.80 Å². The van der Waals surface area contributed by atoms with Crippen LogP contribution in [0.15, 0.2) is 24.3 Å². The number of anilines is 1. The zero-order valence-electron chi connectivity index (χ0n) is 20.2. The maximum atomic E-state index is 13.4. The van der Waals surface area contributed by atoms with E-state index in [1.807, 2.05) is 17.0 Å². The first kappa shape index (κ1) is 24.1. The van der Waals surface area contributed by atoms with Gasteiger partial charge in [-0.3, -0.25) is 4.79 Å². The lowest BCUT2D eigenvalue weighted by atomic mass is 10.0. The van der Waals surface area contributed by atoms with E-state index in [1.54, 1.807) is 0 Å². The number of amides is 1. The molecule has 0 saturated carbocycles. The van der Waals surface area contributed by atoms with E-state index in [-0.39, 0.29) is 17.6 Å². The summed E-state index contributed by atoms with van der Waals surface area (Å²) in [4.78, 5) is 26.8. The predicted octanol–water partition coefficient (Wildman–Crippen LogP) is 4.98. The van der Waals surface area contributed by atoms with Gasteiger partial charge in [0.25, 0.3) is 0 Å². The number of aryl methyl sites for hydroxylation is 1. The third kappa shape index (κ3) is 5.84. The van der Waals surface area contributed by atoms with Crippen LogP contribution in [-0.4, -0.2) is 47.0 Å². The zero-order valence-corrected chi connectivity index (χ0v) is 20.2. The quantitative estimate of drug-likeness (QED) is 0.581. The van der Waals surface area contributed by atoms with Gasteiger partial charge in [0.2, 0.25) is 5.91 Å². The Morgan fingerprint density at radius 2 is 1.69 bits per heavy atom. The van der Waals surface area contributed by atoms with Crippen LogP contribution in [0, 0.1) is 11.7 Å². The highest BCUT2D eigenvalue weighted by Gasteiger charge is 2.26. The van der Waals surface area contributed by atoms with Crippen LogP contribution in [-0.2, 0) is 17.6 Å². The highest BCUT2D eigenvalue weighted by molar-refractivity contribution is 5.76. The largest absolute Gasteiger partial charge is 0.353 e. The van der Waals surface area contributed by atoms with Crippen LogP contribution in [0.4, 0.5) is 10.2 Å². The standard InChI is InChI=1S/C26H37FN4O/c1-6-19(5)25-28-23(7-2)22(17-20-8-10-21(27)11-9-20)26(29-25)31-14-12-30(13-15-31)24(32)16-18(3)4/h8-11,18-19H,6-7,12-17H2,1-5H3. The number of halogens is 1. The van der Waals surface area contributed by atoms with E-state index in [4.69, 9.17) is 9.97 Å². The molecule has 2 heterocycles. The van der Waals surface area contributed by atoms with Gasteiger partial charge >= 0.3 is 0 Å². The van der Waals surface area contributed by atoms with Gasteiger partial charge in [0, 0.05) is 56.2 Å². The Labute approximate surface area is 192 Å². The summed E-state index contributed by atoms with van der Waals surface area (Å²) < 4.78 is 13.4. The van der Waals surface area contributed by atoms with Crippen LogP contribution in [0.2, 0.25) is 0 Å². The number of hydrogen-bond acceptors (Lipinski definition) is 4. The second-order valence-electron chi connectivity index (χ2n) is 9.26. The van der Waals surface area contributed by atoms with E-state index in [0.717, 1.165) is 54.4 Å². The minimum absolute atomic E-state index is 0.227. The van der Waals surface area contributed by atoms with Gasteiger partial charge in [0.15, 0.2) is 0 Å². The summed E-state index contributed by atoms with van der Waals surface area (Å²) in [6.45, 7) is 13.6. The van der Waals surface area contributed by atoms with Gasteiger partial charge in [-0.25, -0.2) is 14.4 Å². The molecule has 1 unspecified atom stereocenters. The number of hydrogen-bond donors (Lipinski definition) is 0. The average Bonchev–Trinajstić information content (AvgIpc) is 2.79. The summed E-state index contributed by atoms with van der Waals surface area (Å²) in [5, 5.41) is 0. The molecule has 1 aromatic heterocycles. The number of aromatic nitrogens is 2. The first-order chi connectivity index (χ1) is 15.3. The van der Waals surface area contributed by atoms with Crippen molar-refractivity contribution in [1.82, 2.24) is 14.9 Å². The normalized spacial score (nSPS) is 15.3. The van der Waals surface area contributed by atoms with E-state index in [1.165, 1.54) is 12.1 Å². The number of carbonyl (C=O) groups excluding carboxylic acids is 1. The molecule has 5 nitrogen and oxygen atoms in total. The fraction of sp³-hybridized carbons (Fsp3) is 0.577. The molecule has 1 aliphatic heterocycles. The Morgan fingerprint density at radius 3 is 2.25 bits per heavy atom. The highest BCUT2D eigenvalue weighted by Crippen LogP contribution is 2.29. The minimum atomic E-state index is -0.227. The fourth-order valence-corrected chi connectivity index (χ4v) is 4.13. The van der Waals surface area contributed by atoms with Crippen molar-refractivity contribution in [2.75, 3.05) is 31.1 Å². The Morgan fingerprint density at radius 1 is 1.03 bits per heavy atom. The molecule has 32 heavy (non-hydrogen) atoms. The van der Waals surface area contributed by atoms with Crippen molar-refractivity contribution in [1.29, 1.82) is 0 Å². The lowest BCUT2D eigenvalue weighted by molar-refractivity contribution is -0.132. The molecule has 1 aromatic carbocycles. The summed E-state index contributed by atoms with van der Waals surface area (Å²) >= 11 is 0. The van der Waals surface area contributed by atoms with Crippen molar-refractivity contribution in [3.63, 3.8) is 0 Å². The van der Waals surface area contributed by atoms with Crippen molar-refractivity contribution < 1.29 is 9.18 Å². The highest BCUT2D eigenvalue weighted by atomic mass is 19.1. The lowest BCUT2D eigenvalue weighted by Crippen LogP contribution is -2.49. The van der Waals surface area contributed by atoms with Gasteiger partial charge in [0.05, 0.1) is 0 Å². The van der Waals surface area contributed by atoms with E-state index in [0.29, 0.717) is 31.8 Å². The topological polar surface area (TPSA) is 49.3 Å². The number of nitrogens with zero attached hydrogens (tertiary/aromatic N) is 4. The molecule has 0 spiro atoms. The Kier molecular flexibility index (Phi) is 8.21. The summed E-state index contributed by atoms with van der Waals surface area (Å²) in [6.07, 6.45) is 3.08. The first-order valence-corrected chi connectivity index (χ1v) is 12.0. The monoisotopic (exact) mass is 440 g/mol. The maximum Gasteiger partial charge on any atom is 0.222 e. The van der Waals surface area contributed by atoms with E-state index < -0.39 is 0 Å². The molecular formula is C26H37FN4O. The van der Waals surface area contributed by atoms with Gasteiger partial charge in [-0.15, -0.1) is 0 Å². The van der Waals surface area contributed by atoms with Crippen molar-refractivity contribution in [2.45, 2.75) is 66.2 Å². The molecule has 174 valence electrons. The second kappa shape index (κ2) is 10.9. The summed E-state index contributed by atoms with van der Waals surface area (Å²) in [5.74, 6) is 2.54. The second-order valence-corrected chi connectivity index (χ2v) is 9.26. The number of rotatable bonds is 8. The molecule has 1 fully saturated rings. The Hall–Kier alpha value is -2.50. The third-order valence-electron chi connectivity index (χ3n) is 6.29. The van der Waals surface area contributed by atoms with Crippen LogP contribution in [0.5, 0.6) is 0 Å².